The van der Waals surface area contributed by atoms with Gasteiger partial charge in [0.2, 0.25) is 0 Å². The van der Waals surface area contributed by atoms with Crippen molar-refractivity contribution >= 4 is 5.82 Å². The number of hydrogen-bond donors (Lipinski definition) is 1. The molecule has 5 heteroatoms. The minimum Gasteiger partial charge on any atom is -0.383 e. The SMILES string of the molecule is COCCN(CCOC)c1ccc(-c2ccccc2)n1N. The first-order valence-corrected chi connectivity index (χ1v) is 7.03. The molecule has 114 valence electrons. The number of hydrogen-bond acceptors (Lipinski definition) is 4. The minimum absolute atomic E-state index is 0.648. The molecule has 21 heavy (non-hydrogen) atoms. The molecular formula is C16H23N3O2. The normalized spacial score (nSPS) is 10.8. The minimum atomic E-state index is 0.648. The van der Waals surface area contributed by atoms with Crippen molar-refractivity contribution in [1.29, 1.82) is 0 Å². The van der Waals surface area contributed by atoms with E-state index in [0.29, 0.717) is 13.2 Å². The molecular weight excluding hydrogens is 266 g/mol. The van der Waals surface area contributed by atoms with Gasteiger partial charge in [-0.2, -0.15) is 0 Å². The Bertz CT molecular complexity index is 532. The molecule has 1 aromatic heterocycles. The quantitative estimate of drug-likeness (QED) is 0.755. The smallest absolute Gasteiger partial charge is 0.128 e. The van der Waals surface area contributed by atoms with Crippen LogP contribution in [0.15, 0.2) is 42.5 Å². The lowest BCUT2D eigenvalue weighted by molar-refractivity contribution is 0.190. The topological polar surface area (TPSA) is 52.7 Å². The fourth-order valence-corrected chi connectivity index (χ4v) is 2.28. The van der Waals surface area contributed by atoms with E-state index in [9.17, 15) is 0 Å². The zero-order valence-corrected chi connectivity index (χ0v) is 12.7. The first-order chi connectivity index (χ1) is 10.3. The van der Waals surface area contributed by atoms with Crippen LogP contribution in [0, 0.1) is 0 Å². The third-order valence-corrected chi connectivity index (χ3v) is 3.42. The molecule has 2 aromatic rings. The number of nitrogen functional groups attached to an aromatic ring is 1. The van der Waals surface area contributed by atoms with Crippen LogP contribution in [-0.2, 0) is 9.47 Å². The van der Waals surface area contributed by atoms with Crippen molar-refractivity contribution in [3.63, 3.8) is 0 Å². The number of nitrogens with two attached hydrogens (primary N) is 1. The zero-order valence-electron chi connectivity index (χ0n) is 12.7. The van der Waals surface area contributed by atoms with Crippen LogP contribution >= 0.6 is 0 Å². The Balaban J connectivity index is 2.23. The van der Waals surface area contributed by atoms with Gasteiger partial charge in [-0.1, -0.05) is 30.3 Å². The summed E-state index contributed by atoms with van der Waals surface area (Å²) in [5.41, 5.74) is 2.09. The summed E-state index contributed by atoms with van der Waals surface area (Å²) in [4.78, 5) is 2.17. The number of ether oxygens (including phenoxy) is 2. The van der Waals surface area contributed by atoms with Crippen molar-refractivity contribution in [2.45, 2.75) is 0 Å². The molecule has 0 atom stereocenters. The Kier molecular flexibility index (Phi) is 5.66. The molecule has 2 N–H and O–H groups in total. The standard InChI is InChI=1S/C16H23N3O2/c1-20-12-10-18(11-13-21-2)16-9-8-15(19(16)17)14-6-4-3-5-7-14/h3-9H,10-13,17H2,1-2H3. The molecule has 0 unspecified atom stereocenters. The Morgan fingerprint density at radius 3 is 2.14 bits per heavy atom. The molecule has 1 aromatic carbocycles. The van der Waals surface area contributed by atoms with E-state index in [4.69, 9.17) is 15.3 Å². The maximum Gasteiger partial charge on any atom is 0.128 e. The van der Waals surface area contributed by atoms with Crippen LogP contribution in [0.1, 0.15) is 0 Å². The van der Waals surface area contributed by atoms with Crippen LogP contribution in [0.5, 0.6) is 0 Å². The van der Waals surface area contributed by atoms with Crippen molar-refractivity contribution in [3.8, 4) is 11.3 Å². The van der Waals surface area contributed by atoms with Crippen LogP contribution in [0.25, 0.3) is 11.3 Å². The maximum absolute atomic E-state index is 6.27. The Morgan fingerprint density at radius 1 is 0.952 bits per heavy atom. The van der Waals surface area contributed by atoms with Gasteiger partial charge in [0.1, 0.15) is 5.82 Å². The maximum atomic E-state index is 6.27. The molecule has 1 heterocycles. The fraction of sp³-hybridized carbons (Fsp3) is 0.375. The molecule has 0 fully saturated rings. The van der Waals surface area contributed by atoms with Crippen LogP contribution in [0.2, 0.25) is 0 Å². The lowest BCUT2D eigenvalue weighted by atomic mass is 10.2. The predicted octanol–water partition coefficient (Wildman–Crippen LogP) is 1.97. The van der Waals surface area contributed by atoms with Gasteiger partial charge in [0.05, 0.1) is 18.9 Å². The summed E-state index contributed by atoms with van der Waals surface area (Å²) in [6, 6.07) is 14.2. The molecule has 0 aliphatic rings. The lowest BCUT2D eigenvalue weighted by Crippen LogP contribution is -2.33. The summed E-state index contributed by atoms with van der Waals surface area (Å²) in [6.07, 6.45) is 0. The van der Waals surface area contributed by atoms with E-state index in [1.54, 1.807) is 18.9 Å². The molecule has 0 amide bonds. The van der Waals surface area contributed by atoms with Crippen LogP contribution in [-0.4, -0.2) is 45.2 Å². The highest BCUT2D eigenvalue weighted by Crippen LogP contribution is 2.25. The van der Waals surface area contributed by atoms with Gasteiger partial charge in [0.25, 0.3) is 0 Å². The number of aromatic nitrogens is 1. The number of methoxy groups -OCH3 is 2. The van der Waals surface area contributed by atoms with Gasteiger partial charge in [0.15, 0.2) is 0 Å². The highest BCUT2D eigenvalue weighted by molar-refractivity contribution is 5.65. The number of nitrogens with zero attached hydrogens (tertiary/aromatic N) is 2. The third kappa shape index (κ3) is 3.77. The van der Waals surface area contributed by atoms with Gasteiger partial charge in [-0.15, -0.1) is 0 Å². The van der Waals surface area contributed by atoms with E-state index in [-0.39, 0.29) is 0 Å². The summed E-state index contributed by atoms with van der Waals surface area (Å²) >= 11 is 0. The molecule has 0 spiro atoms. The summed E-state index contributed by atoms with van der Waals surface area (Å²) in [5, 5.41) is 0. The summed E-state index contributed by atoms with van der Waals surface area (Å²) < 4.78 is 12.1. The largest absolute Gasteiger partial charge is 0.383 e. The van der Waals surface area contributed by atoms with E-state index in [1.807, 2.05) is 30.3 Å². The summed E-state index contributed by atoms with van der Waals surface area (Å²) in [7, 11) is 3.40. The summed E-state index contributed by atoms with van der Waals surface area (Å²) in [5.74, 6) is 7.23. The first kappa shape index (κ1) is 15.4. The Labute approximate surface area is 125 Å². The van der Waals surface area contributed by atoms with E-state index in [2.05, 4.69) is 17.0 Å². The highest BCUT2D eigenvalue weighted by atomic mass is 16.5. The second-order valence-corrected chi connectivity index (χ2v) is 4.79. The molecule has 0 bridgehead atoms. The van der Waals surface area contributed by atoms with Gasteiger partial charge in [-0.25, -0.2) is 4.68 Å². The average molecular weight is 289 g/mol. The molecule has 0 radical (unpaired) electrons. The average Bonchev–Trinajstić information content (AvgIpc) is 2.90. The monoisotopic (exact) mass is 289 g/mol. The molecule has 5 nitrogen and oxygen atoms in total. The predicted molar refractivity (Wildman–Crippen MR) is 86.0 cm³/mol. The van der Waals surface area contributed by atoms with Crippen LogP contribution < -0.4 is 10.7 Å². The fourth-order valence-electron chi connectivity index (χ4n) is 2.28. The van der Waals surface area contributed by atoms with E-state index in [1.165, 1.54) is 0 Å². The molecule has 0 saturated heterocycles. The van der Waals surface area contributed by atoms with Crippen molar-refractivity contribution in [2.24, 2.45) is 0 Å². The lowest BCUT2D eigenvalue weighted by Gasteiger charge is -2.24. The zero-order chi connectivity index (χ0) is 15.1. The Morgan fingerprint density at radius 2 is 1.57 bits per heavy atom. The van der Waals surface area contributed by atoms with Gasteiger partial charge in [0, 0.05) is 32.9 Å². The van der Waals surface area contributed by atoms with E-state index >= 15 is 0 Å². The number of anilines is 1. The first-order valence-electron chi connectivity index (χ1n) is 7.03. The van der Waals surface area contributed by atoms with Gasteiger partial charge in [-0.05, 0) is 12.1 Å². The highest BCUT2D eigenvalue weighted by Gasteiger charge is 2.13. The Hall–Kier alpha value is -1.98. The molecule has 2 rings (SSSR count). The second-order valence-electron chi connectivity index (χ2n) is 4.79. The molecule has 0 saturated carbocycles. The van der Waals surface area contributed by atoms with Crippen molar-refractivity contribution in [2.75, 3.05) is 51.3 Å². The van der Waals surface area contributed by atoms with E-state index < -0.39 is 0 Å². The van der Waals surface area contributed by atoms with Crippen LogP contribution in [0.4, 0.5) is 5.82 Å². The molecule has 0 aliphatic heterocycles. The van der Waals surface area contributed by atoms with Crippen molar-refractivity contribution in [1.82, 2.24) is 4.68 Å². The molecule has 0 aliphatic carbocycles. The van der Waals surface area contributed by atoms with Crippen molar-refractivity contribution in [3.05, 3.63) is 42.5 Å². The summed E-state index contributed by atoms with van der Waals surface area (Å²) in [6.45, 7) is 2.84. The van der Waals surface area contributed by atoms with Gasteiger partial charge >= 0.3 is 0 Å². The van der Waals surface area contributed by atoms with E-state index in [0.717, 1.165) is 30.2 Å². The van der Waals surface area contributed by atoms with Crippen molar-refractivity contribution < 1.29 is 9.47 Å². The van der Waals surface area contributed by atoms with Crippen LogP contribution in [0.3, 0.4) is 0 Å². The second kappa shape index (κ2) is 7.71. The van der Waals surface area contributed by atoms with Gasteiger partial charge < -0.3 is 20.2 Å². The number of rotatable bonds is 8. The third-order valence-electron chi connectivity index (χ3n) is 3.42. The van der Waals surface area contributed by atoms with Gasteiger partial charge in [-0.3, -0.25) is 0 Å². The number of benzene rings is 1.